The van der Waals surface area contributed by atoms with Gasteiger partial charge in [-0.2, -0.15) is 0 Å². The van der Waals surface area contributed by atoms with E-state index in [2.05, 4.69) is 15.9 Å². The number of nitrogens with zero attached hydrogens (tertiary/aromatic N) is 1. The molecule has 1 aliphatic heterocycles. The largest absolute Gasteiger partial charge is 0.465 e. The summed E-state index contributed by atoms with van der Waals surface area (Å²) in [5, 5.41) is 8.91. The SMILES string of the molecule is O=C(CBr)C1CCN(C(=O)O)C1. The van der Waals surface area contributed by atoms with Crippen molar-refractivity contribution in [2.45, 2.75) is 6.42 Å². The Bertz CT molecular complexity index is 207. The van der Waals surface area contributed by atoms with E-state index in [0.29, 0.717) is 24.8 Å². The van der Waals surface area contributed by atoms with Crippen LogP contribution >= 0.6 is 15.9 Å². The van der Waals surface area contributed by atoms with E-state index in [0.717, 1.165) is 0 Å². The zero-order valence-electron chi connectivity index (χ0n) is 6.49. The van der Waals surface area contributed by atoms with Crippen molar-refractivity contribution in [2.24, 2.45) is 5.92 Å². The van der Waals surface area contributed by atoms with Crippen LogP contribution in [0.5, 0.6) is 0 Å². The van der Waals surface area contributed by atoms with Crippen LogP contribution in [0.4, 0.5) is 4.79 Å². The van der Waals surface area contributed by atoms with Crippen LogP contribution in [0.15, 0.2) is 0 Å². The summed E-state index contributed by atoms with van der Waals surface area (Å²) in [5.41, 5.74) is 0. The van der Waals surface area contributed by atoms with Gasteiger partial charge in [-0.1, -0.05) is 15.9 Å². The van der Waals surface area contributed by atoms with Gasteiger partial charge in [-0.25, -0.2) is 4.79 Å². The van der Waals surface area contributed by atoms with Crippen molar-refractivity contribution >= 4 is 27.8 Å². The first-order chi connectivity index (χ1) is 5.65. The molecule has 0 aromatic rings. The summed E-state index contributed by atoms with van der Waals surface area (Å²) >= 11 is 3.07. The summed E-state index contributed by atoms with van der Waals surface area (Å²) in [5.74, 6) is -0.000718. The summed E-state index contributed by atoms with van der Waals surface area (Å²) in [6, 6.07) is 0. The zero-order valence-corrected chi connectivity index (χ0v) is 8.08. The van der Waals surface area contributed by atoms with Gasteiger partial charge in [0.05, 0.1) is 5.33 Å². The molecule has 0 aliphatic carbocycles. The molecule has 0 spiro atoms. The van der Waals surface area contributed by atoms with Crippen LogP contribution in [0.25, 0.3) is 0 Å². The minimum atomic E-state index is -0.931. The quantitative estimate of drug-likeness (QED) is 0.726. The lowest BCUT2D eigenvalue weighted by Crippen LogP contribution is -2.28. The maximum absolute atomic E-state index is 11.1. The molecule has 1 rings (SSSR count). The molecule has 1 atom stereocenters. The average molecular weight is 236 g/mol. The van der Waals surface area contributed by atoms with Crippen molar-refractivity contribution in [3.63, 3.8) is 0 Å². The maximum Gasteiger partial charge on any atom is 0.407 e. The number of carboxylic acid groups (broad SMARTS) is 1. The van der Waals surface area contributed by atoms with Gasteiger partial charge in [0, 0.05) is 19.0 Å². The summed E-state index contributed by atoms with van der Waals surface area (Å²) in [6.45, 7) is 0.846. The first-order valence-corrected chi connectivity index (χ1v) is 4.84. The normalized spacial score (nSPS) is 22.8. The molecule has 4 nitrogen and oxygen atoms in total. The fraction of sp³-hybridized carbons (Fsp3) is 0.714. The third-order valence-electron chi connectivity index (χ3n) is 2.05. The topological polar surface area (TPSA) is 57.6 Å². The Balaban J connectivity index is 2.45. The lowest BCUT2D eigenvalue weighted by atomic mass is 10.1. The second-order valence-electron chi connectivity index (χ2n) is 2.81. The number of Topliss-reactive ketones (excluding diaryl/α,β-unsaturated/α-hetero) is 1. The van der Waals surface area contributed by atoms with Crippen LogP contribution in [0, 0.1) is 5.92 Å². The molecule has 1 saturated heterocycles. The number of halogens is 1. The van der Waals surface area contributed by atoms with E-state index < -0.39 is 6.09 Å². The van der Waals surface area contributed by atoms with Gasteiger partial charge in [0.15, 0.2) is 0 Å². The van der Waals surface area contributed by atoms with Crippen molar-refractivity contribution in [3.05, 3.63) is 0 Å². The van der Waals surface area contributed by atoms with Crippen LogP contribution < -0.4 is 0 Å². The molecule has 1 heterocycles. The third-order valence-corrected chi connectivity index (χ3v) is 2.60. The molecule has 0 radical (unpaired) electrons. The molecule has 68 valence electrons. The van der Waals surface area contributed by atoms with E-state index in [1.54, 1.807) is 0 Å². The van der Waals surface area contributed by atoms with Crippen LogP contribution in [0.2, 0.25) is 0 Å². The van der Waals surface area contributed by atoms with E-state index in [4.69, 9.17) is 5.11 Å². The Kier molecular flexibility index (Phi) is 3.08. The van der Waals surface area contributed by atoms with Crippen LogP contribution in [-0.2, 0) is 4.79 Å². The predicted octanol–water partition coefficient (Wildman–Crippen LogP) is 0.950. The van der Waals surface area contributed by atoms with Crippen molar-refractivity contribution in [2.75, 3.05) is 18.4 Å². The maximum atomic E-state index is 11.1. The highest BCUT2D eigenvalue weighted by Gasteiger charge is 2.29. The van der Waals surface area contributed by atoms with Crippen molar-refractivity contribution in [3.8, 4) is 0 Å². The average Bonchev–Trinajstić information content (AvgIpc) is 2.51. The molecule has 12 heavy (non-hydrogen) atoms. The molecule has 1 amide bonds. The molecule has 1 fully saturated rings. The molecular weight excluding hydrogens is 226 g/mol. The molecule has 0 aromatic heterocycles. The Morgan fingerprint density at radius 1 is 1.58 bits per heavy atom. The molecule has 1 N–H and O–H groups in total. The number of carbonyl (C=O) groups excluding carboxylic acids is 1. The predicted molar refractivity (Wildman–Crippen MR) is 46.5 cm³/mol. The molecule has 1 aliphatic rings. The van der Waals surface area contributed by atoms with Crippen molar-refractivity contribution in [1.82, 2.24) is 4.90 Å². The van der Waals surface area contributed by atoms with Gasteiger partial charge < -0.3 is 10.0 Å². The molecule has 0 saturated carbocycles. The van der Waals surface area contributed by atoms with E-state index in [9.17, 15) is 9.59 Å². The number of ketones is 1. The first kappa shape index (κ1) is 9.51. The highest BCUT2D eigenvalue weighted by molar-refractivity contribution is 9.09. The number of alkyl halides is 1. The third kappa shape index (κ3) is 1.97. The fourth-order valence-corrected chi connectivity index (χ4v) is 1.76. The lowest BCUT2D eigenvalue weighted by Gasteiger charge is -2.10. The van der Waals surface area contributed by atoms with E-state index in [1.807, 2.05) is 0 Å². The summed E-state index contributed by atoms with van der Waals surface area (Å²) in [6.07, 6.45) is -0.267. The standard InChI is InChI=1S/C7H10BrNO3/c8-3-6(10)5-1-2-9(4-5)7(11)12/h5H,1-4H2,(H,11,12). The summed E-state index contributed by atoms with van der Waals surface area (Å²) in [4.78, 5) is 22.9. The highest BCUT2D eigenvalue weighted by Crippen LogP contribution is 2.17. The lowest BCUT2D eigenvalue weighted by molar-refractivity contribution is -0.119. The number of carbonyl (C=O) groups is 2. The smallest absolute Gasteiger partial charge is 0.407 e. The van der Waals surface area contributed by atoms with Crippen LogP contribution in [0.3, 0.4) is 0 Å². The van der Waals surface area contributed by atoms with Gasteiger partial charge >= 0.3 is 6.09 Å². The first-order valence-electron chi connectivity index (χ1n) is 3.71. The number of hydrogen-bond donors (Lipinski definition) is 1. The Morgan fingerprint density at radius 2 is 2.25 bits per heavy atom. The van der Waals surface area contributed by atoms with Gasteiger partial charge in [0.1, 0.15) is 5.78 Å². The van der Waals surface area contributed by atoms with Crippen LogP contribution in [-0.4, -0.2) is 40.3 Å². The molecule has 5 heteroatoms. The molecule has 0 aromatic carbocycles. The number of hydrogen-bond acceptors (Lipinski definition) is 2. The summed E-state index contributed by atoms with van der Waals surface area (Å²) in [7, 11) is 0. The second-order valence-corrected chi connectivity index (χ2v) is 3.37. The van der Waals surface area contributed by atoms with E-state index >= 15 is 0 Å². The van der Waals surface area contributed by atoms with Crippen molar-refractivity contribution in [1.29, 1.82) is 0 Å². The monoisotopic (exact) mass is 235 g/mol. The summed E-state index contributed by atoms with van der Waals surface area (Å²) < 4.78 is 0. The van der Waals surface area contributed by atoms with Gasteiger partial charge in [0.25, 0.3) is 0 Å². The molecule has 0 bridgehead atoms. The van der Waals surface area contributed by atoms with E-state index in [1.165, 1.54) is 4.90 Å². The van der Waals surface area contributed by atoms with Gasteiger partial charge in [-0.3, -0.25) is 4.79 Å². The highest BCUT2D eigenvalue weighted by atomic mass is 79.9. The zero-order chi connectivity index (χ0) is 9.14. The molecule has 1 unspecified atom stereocenters. The Labute approximate surface area is 78.7 Å². The minimum Gasteiger partial charge on any atom is -0.465 e. The van der Waals surface area contributed by atoms with Crippen LogP contribution in [0.1, 0.15) is 6.42 Å². The fourth-order valence-electron chi connectivity index (χ4n) is 1.31. The van der Waals surface area contributed by atoms with Crippen molar-refractivity contribution < 1.29 is 14.7 Å². The Morgan fingerprint density at radius 3 is 2.67 bits per heavy atom. The number of rotatable bonds is 2. The van der Waals surface area contributed by atoms with Gasteiger partial charge in [-0.05, 0) is 6.42 Å². The number of amides is 1. The van der Waals surface area contributed by atoms with E-state index in [-0.39, 0.29) is 11.7 Å². The molecular formula is C7H10BrNO3. The second kappa shape index (κ2) is 3.89. The Hall–Kier alpha value is -0.580. The number of likely N-dealkylation sites (tertiary alicyclic amines) is 1. The van der Waals surface area contributed by atoms with Gasteiger partial charge in [0.2, 0.25) is 0 Å². The minimum absolute atomic E-state index is 0.0961. The van der Waals surface area contributed by atoms with Gasteiger partial charge in [-0.15, -0.1) is 0 Å².